The maximum absolute atomic E-state index is 4.91. The van der Waals surface area contributed by atoms with Crippen LogP contribution in [0, 0.1) is 5.41 Å². The van der Waals surface area contributed by atoms with Crippen molar-refractivity contribution in [3.63, 3.8) is 0 Å². The highest BCUT2D eigenvalue weighted by molar-refractivity contribution is 5.62. The molecule has 1 saturated heterocycles. The molecule has 0 radical (unpaired) electrons. The fourth-order valence-electron chi connectivity index (χ4n) is 4.37. The van der Waals surface area contributed by atoms with E-state index in [0.29, 0.717) is 11.5 Å². The summed E-state index contributed by atoms with van der Waals surface area (Å²) in [6.07, 6.45) is 11.0. The molecular weight excluding hydrogens is 336 g/mol. The van der Waals surface area contributed by atoms with Crippen molar-refractivity contribution < 1.29 is 0 Å². The number of nitrogens with one attached hydrogen (secondary N) is 2. The molecule has 0 bridgehead atoms. The molecule has 1 aliphatic heterocycles. The van der Waals surface area contributed by atoms with Crippen LogP contribution in [0.2, 0.25) is 0 Å². The van der Waals surface area contributed by atoms with Crippen LogP contribution in [0.1, 0.15) is 38.3 Å². The zero-order valence-electron chi connectivity index (χ0n) is 15.6. The lowest BCUT2D eigenvalue weighted by Gasteiger charge is -2.19. The molecule has 138 valence electrons. The Morgan fingerprint density at radius 3 is 2.85 bits per heavy atom. The van der Waals surface area contributed by atoms with Gasteiger partial charge in [0.1, 0.15) is 5.82 Å². The van der Waals surface area contributed by atoms with Gasteiger partial charge in [0.15, 0.2) is 5.65 Å². The van der Waals surface area contributed by atoms with E-state index in [9.17, 15) is 0 Å². The van der Waals surface area contributed by atoms with E-state index in [1.807, 2.05) is 12.4 Å². The molecule has 3 aromatic heterocycles. The minimum absolute atomic E-state index is 0.237. The Labute approximate surface area is 158 Å². The molecular formula is C21H24N6. The van der Waals surface area contributed by atoms with E-state index in [0.717, 1.165) is 41.6 Å². The number of aromatic nitrogens is 4. The van der Waals surface area contributed by atoms with Gasteiger partial charge in [0.05, 0.1) is 29.5 Å². The predicted octanol–water partition coefficient (Wildman–Crippen LogP) is 3.01. The van der Waals surface area contributed by atoms with E-state index in [2.05, 4.69) is 56.3 Å². The van der Waals surface area contributed by atoms with E-state index in [1.54, 1.807) is 0 Å². The fourth-order valence-corrected chi connectivity index (χ4v) is 4.37. The lowest BCUT2D eigenvalue weighted by atomic mass is 10.0. The summed E-state index contributed by atoms with van der Waals surface area (Å²) in [5.41, 5.74) is 4.68. The zero-order chi connectivity index (χ0) is 18.1. The van der Waals surface area contributed by atoms with Gasteiger partial charge in [-0.05, 0) is 37.8 Å². The summed E-state index contributed by atoms with van der Waals surface area (Å²) in [7, 11) is 0. The normalized spacial score (nSPS) is 24.4. The summed E-state index contributed by atoms with van der Waals surface area (Å²) < 4.78 is 2.14. The summed E-state index contributed by atoms with van der Waals surface area (Å²) in [6, 6.07) is 6.69. The Hall–Kier alpha value is -2.47. The van der Waals surface area contributed by atoms with Crippen LogP contribution < -0.4 is 10.6 Å². The maximum atomic E-state index is 4.91. The summed E-state index contributed by atoms with van der Waals surface area (Å²) in [5.74, 6) is 0.950. The van der Waals surface area contributed by atoms with Crippen LogP contribution in [0.3, 0.4) is 0 Å². The second kappa shape index (κ2) is 5.29. The molecule has 1 atom stereocenters. The number of anilines is 1. The summed E-state index contributed by atoms with van der Waals surface area (Å²) in [5, 5.41) is 7.20. The molecule has 6 nitrogen and oxygen atoms in total. The molecule has 1 spiro atoms. The molecule has 6 heteroatoms. The van der Waals surface area contributed by atoms with Crippen molar-refractivity contribution in [3.05, 3.63) is 42.5 Å². The van der Waals surface area contributed by atoms with Crippen molar-refractivity contribution in [2.24, 2.45) is 5.41 Å². The number of hydrogen-bond donors (Lipinski definition) is 2. The fraction of sp³-hybridized carbons (Fsp3) is 0.476. The highest BCUT2D eigenvalue weighted by Gasteiger charge is 2.52. The van der Waals surface area contributed by atoms with Gasteiger partial charge in [-0.3, -0.25) is 9.38 Å². The van der Waals surface area contributed by atoms with Crippen LogP contribution in [0.15, 0.2) is 36.8 Å². The number of rotatable bonds is 4. The van der Waals surface area contributed by atoms with E-state index >= 15 is 0 Å². The lowest BCUT2D eigenvalue weighted by molar-refractivity contribution is 0.523. The molecule has 4 heterocycles. The van der Waals surface area contributed by atoms with Crippen LogP contribution in [0.5, 0.6) is 0 Å². The Kier molecular flexibility index (Phi) is 3.05. The van der Waals surface area contributed by atoms with E-state index in [4.69, 9.17) is 4.98 Å². The third-order valence-electron chi connectivity index (χ3n) is 6.80. The van der Waals surface area contributed by atoms with Crippen LogP contribution in [-0.4, -0.2) is 38.5 Å². The summed E-state index contributed by atoms with van der Waals surface area (Å²) >= 11 is 0. The van der Waals surface area contributed by atoms with Crippen molar-refractivity contribution in [1.29, 1.82) is 0 Å². The molecule has 2 aliphatic carbocycles. The second-order valence-corrected chi connectivity index (χ2v) is 8.80. The standard InChI is InChI=1S/C21H24N6/c1-20(5-6-20)17-12-27-15(9-24-19(27)11-23-17)14-3-2-4-18(25-14)26-16-10-22-13-21(16)7-8-21/h2-4,9,11-12,16,22H,5-8,10,13H2,1H3,(H,25,26). The first-order chi connectivity index (χ1) is 13.2. The van der Waals surface area contributed by atoms with Gasteiger partial charge in [-0.15, -0.1) is 0 Å². The SMILES string of the molecule is CC1(c2cn3c(-c4cccc(NC5CNCC56CC6)n4)cnc3cn2)CC1. The molecule has 6 rings (SSSR count). The number of hydrogen-bond acceptors (Lipinski definition) is 5. The lowest BCUT2D eigenvalue weighted by Crippen LogP contribution is -2.29. The largest absolute Gasteiger partial charge is 0.365 e. The smallest absolute Gasteiger partial charge is 0.155 e. The molecule has 2 N–H and O–H groups in total. The minimum atomic E-state index is 0.237. The third-order valence-corrected chi connectivity index (χ3v) is 6.80. The second-order valence-electron chi connectivity index (χ2n) is 8.80. The van der Waals surface area contributed by atoms with Gasteiger partial charge in [0.25, 0.3) is 0 Å². The van der Waals surface area contributed by atoms with Crippen molar-refractivity contribution in [1.82, 2.24) is 24.7 Å². The molecule has 0 aromatic carbocycles. The topological polar surface area (TPSA) is 67.1 Å². The Balaban J connectivity index is 1.35. The molecule has 1 unspecified atom stereocenters. The third kappa shape index (κ3) is 2.46. The highest BCUT2D eigenvalue weighted by atomic mass is 15.1. The molecule has 3 fully saturated rings. The zero-order valence-corrected chi connectivity index (χ0v) is 15.6. The maximum Gasteiger partial charge on any atom is 0.155 e. The quantitative estimate of drug-likeness (QED) is 0.749. The van der Waals surface area contributed by atoms with Gasteiger partial charge in [-0.25, -0.2) is 9.97 Å². The van der Waals surface area contributed by atoms with Gasteiger partial charge in [-0.2, -0.15) is 0 Å². The van der Waals surface area contributed by atoms with Crippen LogP contribution in [0.25, 0.3) is 17.0 Å². The first-order valence-electron chi connectivity index (χ1n) is 9.94. The van der Waals surface area contributed by atoms with E-state index < -0.39 is 0 Å². The molecule has 0 amide bonds. The Morgan fingerprint density at radius 1 is 1.15 bits per heavy atom. The molecule has 2 saturated carbocycles. The van der Waals surface area contributed by atoms with Gasteiger partial charge >= 0.3 is 0 Å². The first kappa shape index (κ1) is 15.6. The number of imidazole rings is 1. The van der Waals surface area contributed by atoms with Gasteiger partial charge < -0.3 is 10.6 Å². The Morgan fingerprint density at radius 2 is 2.04 bits per heavy atom. The number of fused-ring (bicyclic) bond motifs is 1. The minimum Gasteiger partial charge on any atom is -0.365 e. The van der Waals surface area contributed by atoms with E-state index in [1.165, 1.54) is 25.7 Å². The number of nitrogens with zero attached hydrogens (tertiary/aromatic N) is 4. The number of pyridine rings is 1. The monoisotopic (exact) mass is 360 g/mol. The molecule has 3 aliphatic rings. The van der Waals surface area contributed by atoms with Crippen LogP contribution in [0.4, 0.5) is 5.82 Å². The average molecular weight is 360 g/mol. The van der Waals surface area contributed by atoms with Crippen molar-refractivity contribution in [3.8, 4) is 11.4 Å². The van der Waals surface area contributed by atoms with Gasteiger partial charge in [0.2, 0.25) is 0 Å². The van der Waals surface area contributed by atoms with Gasteiger partial charge in [-0.1, -0.05) is 13.0 Å². The van der Waals surface area contributed by atoms with Crippen LogP contribution in [-0.2, 0) is 5.41 Å². The van der Waals surface area contributed by atoms with Crippen molar-refractivity contribution in [2.75, 3.05) is 18.4 Å². The predicted molar refractivity (Wildman–Crippen MR) is 105 cm³/mol. The first-order valence-corrected chi connectivity index (χ1v) is 9.94. The van der Waals surface area contributed by atoms with Crippen molar-refractivity contribution in [2.45, 2.75) is 44.1 Å². The summed E-state index contributed by atoms with van der Waals surface area (Å²) in [6.45, 7) is 4.44. The summed E-state index contributed by atoms with van der Waals surface area (Å²) in [4.78, 5) is 14.1. The van der Waals surface area contributed by atoms with Gasteiger partial charge in [0, 0.05) is 36.2 Å². The highest BCUT2D eigenvalue weighted by Crippen LogP contribution is 2.51. The van der Waals surface area contributed by atoms with Crippen molar-refractivity contribution >= 4 is 11.5 Å². The average Bonchev–Trinajstić information content (AvgIpc) is 3.54. The molecule has 27 heavy (non-hydrogen) atoms. The van der Waals surface area contributed by atoms with Crippen LogP contribution >= 0.6 is 0 Å². The molecule has 3 aromatic rings. The Bertz CT molecular complexity index is 1030. The van der Waals surface area contributed by atoms with E-state index in [-0.39, 0.29) is 5.41 Å².